The van der Waals surface area contributed by atoms with E-state index in [0.29, 0.717) is 5.69 Å². The minimum absolute atomic E-state index is 0.157. The van der Waals surface area contributed by atoms with Crippen molar-refractivity contribution in [3.05, 3.63) is 72.3 Å². The molecule has 24 heavy (non-hydrogen) atoms. The molecule has 6 heteroatoms. The summed E-state index contributed by atoms with van der Waals surface area (Å²) in [7, 11) is -2.48. The van der Waals surface area contributed by atoms with Gasteiger partial charge < -0.3 is 4.74 Å². The first-order chi connectivity index (χ1) is 11.5. The summed E-state index contributed by atoms with van der Waals surface area (Å²) in [6.07, 6.45) is 0. The number of carbonyl (C=O) groups excluding carboxylic acids is 1. The number of fused-ring (bicyclic) bond motifs is 1. The van der Waals surface area contributed by atoms with Gasteiger partial charge in [-0.05, 0) is 41.1 Å². The van der Waals surface area contributed by atoms with Gasteiger partial charge in [-0.3, -0.25) is 4.72 Å². The van der Waals surface area contributed by atoms with Gasteiger partial charge in [0, 0.05) is 5.69 Å². The lowest BCUT2D eigenvalue weighted by Gasteiger charge is -2.10. The summed E-state index contributed by atoms with van der Waals surface area (Å²) >= 11 is 0. The van der Waals surface area contributed by atoms with Crippen LogP contribution in [0.5, 0.6) is 0 Å². The van der Waals surface area contributed by atoms with E-state index in [1.54, 1.807) is 36.4 Å². The van der Waals surface area contributed by atoms with E-state index in [1.165, 1.54) is 13.2 Å². The van der Waals surface area contributed by atoms with E-state index in [1.807, 2.05) is 24.3 Å². The molecule has 3 aromatic carbocycles. The van der Waals surface area contributed by atoms with Crippen molar-refractivity contribution in [2.75, 3.05) is 11.8 Å². The predicted molar refractivity (Wildman–Crippen MR) is 92.5 cm³/mol. The van der Waals surface area contributed by atoms with Crippen molar-refractivity contribution in [3.8, 4) is 0 Å². The fraction of sp³-hybridized carbons (Fsp3) is 0.0556. The van der Waals surface area contributed by atoms with Crippen LogP contribution in [0.3, 0.4) is 0 Å². The molecule has 0 aliphatic heterocycles. The first kappa shape index (κ1) is 16.0. The van der Waals surface area contributed by atoms with Gasteiger partial charge in [-0.15, -0.1) is 0 Å². The highest BCUT2D eigenvalue weighted by Crippen LogP contribution is 2.22. The third kappa shape index (κ3) is 3.23. The number of nitrogens with one attached hydrogen (secondary N) is 1. The Labute approximate surface area is 139 Å². The molecule has 0 atom stereocenters. The first-order valence-corrected chi connectivity index (χ1v) is 8.68. The number of rotatable bonds is 4. The minimum atomic E-state index is -3.76. The topological polar surface area (TPSA) is 72.5 Å². The fourth-order valence-corrected chi connectivity index (χ4v) is 3.46. The maximum Gasteiger partial charge on any atom is 0.337 e. The van der Waals surface area contributed by atoms with Crippen LogP contribution >= 0.6 is 0 Å². The lowest BCUT2D eigenvalue weighted by molar-refractivity contribution is 0.0601. The summed E-state index contributed by atoms with van der Waals surface area (Å²) in [5, 5.41) is 1.80. The van der Waals surface area contributed by atoms with Gasteiger partial charge in [-0.1, -0.05) is 36.4 Å². The molecule has 0 aliphatic rings. The van der Waals surface area contributed by atoms with Crippen LogP contribution in [0.25, 0.3) is 10.8 Å². The molecule has 122 valence electrons. The number of hydrogen-bond acceptors (Lipinski definition) is 4. The third-order valence-corrected chi connectivity index (χ3v) is 4.95. The number of esters is 1. The highest BCUT2D eigenvalue weighted by Gasteiger charge is 2.15. The smallest absolute Gasteiger partial charge is 0.337 e. The van der Waals surface area contributed by atoms with Gasteiger partial charge in [0.15, 0.2) is 0 Å². The molecule has 0 amide bonds. The van der Waals surface area contributed by atoms with Crippen LogP contribution in [0.1, 0.15) is 10.4 Å². The zero-order chi connectivity index (χ0) is 17.2. The van der Waals surface area contributed by atoms with E-state index in [-0.39, 0.29) is 10.5 Å². The van der Waals surface area contributed by atoms with Gasteiger partial charge >= 0.3 is 5.97 Å². The van der Waals surface area contributed by atoms with Crippen LogP contribution in [0, 0.1) is 0 Å². The number of benzene rings is 3. The molecule has 0 bridgehead atoms. The lowest BCUT2D eigenvalue weighted by atomic mass is 10.1. The molecule has 0 aromatic heterocycles. The quantitative estimate of drug-likeness (QED) is 0.738. The second-order valence-electron chi connectivity index (χ2n) is 5.19. The average molecular weight is 341 g/mol. The summed E-state index contributed by atoms with van der Waals surface area (Å²) in [4.78, 5) is 11.7. The van der Waals surface area contributed by atoms with Crippen molar-refractivity contribution in [2.45, 2.75) is 4.90 Å². The summed E-state index contributed by atoms with van der Waals surface area (Å²) in [5.74, 6) is -0.526. The zero-order valence-corrected chi connectivity index (χ0v) is 13.7. The van der Waals surface area contributed by atoms with E-state index >= 15 is 0 Å². The van der Waals surface area contributed by atoms with Crippen LogP contribution in [0.2, 0.25) is 0 Å². The normalized spacial score (nSPS) is 11.2. The Morgan fingerprint density at radius 1 is 0.917 bits per heavy atom. The van der Waals surface area contributed by atoms with Crippen LogP contribution < -0.4 is 4.72 Å². The molecule has 1 N–H and O–H groups in total. The monoisotopic (exact) mass is 341 g/mol. The summed E-state index contributed by atoms with van der Waals surface area (Å²) in [6, 6.07) is 18.6. The van der Waals surface area contributed by atoms with Gasteiger partial charge in [0.05, 0.1) is 17.6 Å². The van der Waals surface area contributed by atoms with E-state index < -0.39 is 16.0 Å². The summed E-state index contributed by atoms with van der Waals surface area (Å²) in [6.45, 7) is 0. The van der Waals surface area contributed by atoms with Crippen molar-refractivity contribution in [3.63, 3.8) is 0 Å². The van der Waals surface area contributed by atoms with Crippen molar-refractivity contribution in [1.82, 2.24) is 0 Å². The Bertz CT molecular complexity index is 1010. The Kier molecular flexibility index (Phi) is 4.22. The van der Waals surface area contributed by atoms with Gasteiger partial charge in [-0.25, -0.2) is 13.2 Å². The SMILES string of the molecule is COC(=O)c1cccc(NS(=O)(=O)c2ccc3ccccc3c2)c1. The Morgan fingerprint density at radius 2 is 1.67 bits per heavy atom. The van der Waals surface area contributed by atoms with Crippen molar-refractivity contribution >= 4 is 32.5 Å². The predicted octanol–water partition coefficient (Wildman–Crippen LogP) is 3.43. The molecular formula is C18H15NO4S. The highest BCUT2D eigenvalue weighted by atomic mass is 32.2. The maximum atomic E-state index is 12.6. The van der Waals surface area contributed by atoms with Gasteiger partial charge in [0.2, 0.25) is 0 Å². The second kappa shape index (κ2) is 6.33. The summed E-state index contributed by atoms with van der Waals surface area (Å²) < 4.78 is 32.3. The van der Waals surface area contributed by atoms with E-state index in [9.17, 15) is 13.2 Å². The molecule has 0 heterocycles. The lowest BCUT2D eigenvalue weighted by Crippen LogP contribution is -2.13. The van der Waals surface area contributed by atoms with Crippen LogP contribution in [-0.4, -0.2) is 21.5 Å². The largest absolute Gasteiger partial charge is 0.465 e. The fourth-order valence-electron chi connectivity index (χ4n) is 2.38. The number of sulfonamides is 1. The van der Waals surface area contributed by atoms with Gasteiger partial charge in [0.25, 0.3) is 10.0 Å². The van der Waals surface area contributed by atoms with Crippen LogP contribution in [-0.2, 0) is 14.8 Å². The number of hydrogen-bond donors (Lipinski definition) is 1. The van der Waals surface area contributed by atoms with Gasteiger partial charge in [-0.2, -0.15) is 0 Å². The number of anilines is 1. The molecule has 0 radical (unpaired) electrons. The van der Waals surface area contributed by atoms with Crippen LogP contribution in [0.4, 0.5) is 5.69 Å². The molecule has 0 saturated heterocycles. The molecule has 5 nitrogen and oxygen atoms in total. The Morgan fingerprint density at radius 3 is 2.42 bits per heavy atom. The summed E-state index contributed by atoms with van der Waals surface area (Å²) in [5.41, 5.74) is 0.572. The van der Waals surface area contributed by atoms with E-state index in [2.05, 4.69) is 9.46 Å². The molecule has 0 fully saturated rings. The standard InChI is InChI=1S/C18H15NO4S/c1-23-18(20)15-7-4-8-16(11-15)19-24(21,22)17-10-9-13-5-2-3-6-14(13)12-17/h2-12,19H,1H3. The maximum absolute atomic E-state index is 12.6. The molecule has 0 aliphatic carbocycles. The molecule has 0 saturated carbocycles. The van der Waals surface area contributed by atoms with E-state index in [4.69, 9.17) is 0 Å². The highest BCUT2D eigenvalue weighted by molar-refractivity contribution is 7.92. The van der Waals surface area contributed by atoms with Crippen LogP contribution in [0.15, 0.2) is 71.6 Å². The molecular weight excluding hydrogens is 326 g/mol. The Balaban J connectivity index is 1.94. The van der Waals surface area contributed by atoms with Crippen molar-refractivity contribution in [2.24, 2.45) is 0 Å². The molecule has 3 aromatic rings. The zero-order valence-electron chi connectivity index (χ0n) is 12.9. The number of ether oxygens (including phenoxy) is 1. The number of carbonyl (C=O) groups is 1. The molecule has 0 unspecified atom stereocenters. The van der Waals surface area contributed by atoms with Crippen molar-refractivity contribution in [1.29, 1.82) is 0 Å². The van der Waals surface area contributed by atoms with Crippen molar-refractivity contribution < 1.29 is 17.9 Å². The minimum Gasteiger partial charge on any atom is -0.465 e. The second-order valence-corrected chi connectivity index (χ2v) is 6.87. The van der Waals surface area contributed by atoms with Gasteiger partial charge in [0.1, 0.15) is 0 Å². The molecule has 3 rings (SSSR count). The Hall–Kier alpha value is -2.86. The first-order valence-electron chi connectivity index (χ1n) is 7.19. The number of methoxy groups -OCH3 is 1. The molecule has 0 spiro atoms. The van der Waals surface area contributed by atoms with E-state index in [0.717, 1.165) is 10.8 Å². The average Bonchev–Trinajstić information content (AvgIpc) is 2.60. The third-order valence-electron chi connectivity index (χ3n) is 3.57.